The zero-order valence-corrected chi connectivity index (χ0v) is 23.4. The summed E-state index contributed by atoms with van der Waals surface area (Å²) in [7, 11) is -3.73. The standard InChI is InChI=1S/C31H30FN3O5S/c1-2-35-30-12-11-25(41(37,38)34-14-16-39-17-15-34)20-27(30)28(31(35)36)19-22-21-33(29-6-4-3-5-26(22)29)13-18-40-24-9-7-23(32)8-10-24/h3-12,19-21H,2,13-18H2,1H3/b28-19-. The average molecular weight is 576 g/mol. The summed E-state index contributed by atoms with van der Waals surface area (Å²) in [6.07, 6.45) is 3.82. The van der Waals surface area contributed by atoms with Crippen LogP contribution in [0.25, 0.3) is 22.6 Å². The highest BCUT2D eigenvalue weighted by molar-refractivity contribution is 7.89. The number of benzene rings is 3. The molecule has 0 N–H and O–H groups in total. The van der Waals surface area contributed by atoms with Crippen molar-refractivity contribution in [3.8, 4) is 5.75 Å². The van der Waals surface area contributed by atoms with Gasteiger partial charge in [-0.3, -0.25) is 4.79 Å². The number of ether oxygens (including phenoxy) is 2. The number of hydrogen-bond donors (Lipinski definition) is 0. The van der Waals surface area contributed by atoms with Crippen LogP contribution in [0.2, 0.25) is 0 Å². The number of anilines is 1. The van der Waals surface area contributed by atoms with Crippen LogP contribution in [-0.2, 0) is 26.1 Å². The number of aromatic nitrogens is 1. The van der Waals surface area contributed by atoms with Crippen molar-refractivity contribution in [2.24, 2.45) is 0 Å². The predicted octanol–water partition coefficient (Wildman–Crippen LogP) is 4.79. The van der Waals surface area contributed by atoms with E-state index >= 15 is 0 Å². The lowest BCUT2D eigenvalue weighted by Gasteiger charge is -2.26. The zero-order chi connectivity index (χ0) is 28.6. The Morgan fingerprint density at radius 3 is 2.54 bits per heavy atom. The van der Waals surface area contributed by atoms with Gasteiger partial charge in [0.1, 0.15) is 18.2 Å². The van der Waals surface area contributed by atoms with Crippen LogP contribution >= 0.6 is 0 Å². The van der Waals surface area contributed by atoms with Crippen molar-refractivity contribution in [2.75, 3.05) is 44.4 Å². The molecule has 0 spiro atoms. The fourth-order valence-corrected chi connectivity index (χ4v) is 6.84. The third-order valence-electron chi connectivity index (χ3n) is 7.48. The quantitative estimate of drug-likeness (QED) is 0.283. The van der Waals surface area contributed by atoms with E-state index in [1.54, 1.807) is 35.2 Å². The SMILES string of the molecule is CCN1C(=O)/C(=C\c2cn(CCOc3ccc(F)cc3)c3ccccc23)c2cc(S(=O)(=O)N3CCOCC3)ccc21. The lowest BCUT2D eigenvalue weighted by atomic mass is 10.0. The third-order valence-corrected chi connectivity index (χ3v) is 9.38. The van der Waals surface area contributed by atoms with Crippen LogP contribution in [0.15, 0.2) is 77.8 Å². The van der Waals surface area contributed by atoms with Gasteiger partial charge in [0.25, 0.3) is 5.91 Å². The van der Waals surface area contributed by atoms with Gasteiger partial charge in [0.15, 0.2) is 0 Å². The molecule has 212 valence electrons. The van der Waals surface area contributed by atoms with Crippen molar-refractivity contribution in [1.29, 1.82) is 0 Å². The van der Waals surface area contributed by atoms with Crippen LogP contribution < -0.4 is 9.64 Å². The largest absolute Gasteiger partial charge is 0.492 e. The van der Waals surface area contributed by atoms with Gasteiger partial charge in [0.05, 0.1) is 30.3 Å². The van der Waals surface area contributed by atoms with Crippen molar-refractivity contribution in [1.82, 2.24) is 8.87 Å². The van der Waals surface area contributed by atoms with E-state index in [0.29, 0.717) is 68.6 Å². The molecule has 0 unspecified atom stereocenters. The highest BCUT2D eigenvalue weighted by Crippen LogP contribution is 2.40. The monoisotopic (exact) mass is 575 g/mol. The molecule has 41 heavy (non-hydrogen) atoms. The van der Waals surface area contributed by atoms with Crippen LogP contribution in [0, 0.1) is 5.82 Å². The van der Waals surface area contributed by atoms with Gasteiger partial charge >= 0.3 is 0 Å². The van der Waals surface area contributed by atoms with Gasteiger partial charge in [0.2, 0.25) is 10.0 Å². The normalized spacial score (nSPS) is 17.0. The van der Waals surface area contributed by atoms with E-state index in [2.05, 4.69) is 4.57 Å². The molecule has 1 fully saturated rings. The van der Waals surface area contributed by atoms with Gasteiger partial charge < -0.3 is 18.9 Å². The van der Waals surface area contributed by atoms with Crippen molar-refractivity contribution in [3.63, 3.8) is 0 Å². The van der Waals surface area contributed by atoms with E-state index in [0.717, 1.165) is 16.5 Å². The third kappa shape index (κ3) is 5.14. The molecule has 3 heterocycles. The Labute approximate surface area is 238 Å². The van der Waals surface area contributed by atoms with Crippen LogP contribution in [0.4, 0.5) is 10.1 Å². The van der Waals surface area contributed by atoms with Gasteiger partial charge in [-0.25, -0.2) is 12.8 Å². The van der Waals surface area contributed by atoms with Gasteiger partial charge in [-0.2, -0.15) is 4.31 Å². The van der Waals surface area contributed by atoms with E-state index < -0.39 is 10.0 Å². The molecule has 1 saturated heterocycles. The Balaban J connectivity index is 1.35. The molecule has 2 aliphatic rings. The molecule has 1 amide bonds. The predicted molar refractivity (Wildman–Crippen MR) is 156 cm³/mol. The fourth-order valence-electron chi connectivity index (χ4n) is 5.41. The first-order chi connectivity index (χ1) is 19.9. The number of hydrogen-bond acceptors (Lipinski definition) is 5. The molecule has 4 aromatic rings. The minimum Gasteiger partial charge on any atom is -0.492 e. The van der Waals surface area contributed by atoms with E-state index in [1.807, 2.05) is 43.5 Å². The molecule has 8 nitrogen and oxygen atoms in total. The van der Waals surface area contributed by atoms with Crippen molar-refractivity contribution >= 4 is 44.2 Å². The molecular weight excluding hydrogens is 545 g/mol. The van der Waals surface area contributed by atoms with Crippen LogP contribution in [0.3, 0.4) is 0 Å². The summed E-state index contributed by atoms with van der Waals surface area (Å²) in [5.74, 6) is 0.0997. The lowest BCUT2D eigenvalue weighted by molar-refractivity contribution is -0.112. The summed E-state index contributed by atoms with van der Waals surface area (Å²) in [4.78, 5) is 15.4. The van der Waals surface area contributed by atoms with Gasteiger partial charge in [-0.1, -0.05) is 18.2 Å². The summed E-state index contributed by atoms with van der Waals surface area (Å²) in [6.45, 7) is 4.58. The van der Waals surface area contributed by atoms with E-state index in [-0.39, 0.29) is 16.6 Å². The molecule has 3 aromatic carbocycles. The number of carbonyl (C=O) groups is 1. The smallest absolute Gasteiger partial charge is 0.258 e. The van der Waals surface area contributed by atoms with Crippen LogP contribution in [-0.4, -0.2) is 62.7 Å². The molecule has 0 atom stereocenters. The van der Waals surface area contributed by atoms with E-state index in [1.165, 1.54) is 16.4 Å². The number of sulfonamides is 1. The molecule has 2 aliphatic heterocycles. The first-order valence-electron chi connectivity index (χ1n) is 13.6. The van der Waals surface area contributed by atoms with Crippen LogP contribution in [0.5, 0.6) is 5.75 Å². The zero-order valence-electron chi connectivity index (χ0n) is 22.6. The number of rotatable bonds is 8. The average Bonchev–Trinajstić information content (AvgIpc) is 3.48. The van der Waals surface area contributed by atoms with Gasteiger partial charge in [-0.05, 0) is 61.5 Å². The number of carbonyl (C=O) groups excluding carboxylic acids is 1. The Kier molecular flexibility index (Phi) is 7.37. The minimum absolute atomic E-state index is 0.162. The Morgan fingerprint density at radius 1 is 1.02 bits per heavy atom. The van der Waals surface area contributed by atoms with Crippen molar-refractivity contribution in [2.45, 2.75) is 18.4 Å². The van der Waals surface area contributed by atoms with Crippen LogP contribution in [0.1, 0.15) is 18.1 Å². The van der Waals surface area contributed by atoms with Gasteiger partial charge in [0, 0.05) is 53.4 Å². The van der Waals surface area contributed by atoms with Gasteiger partial charge in [-0.15, -0.1) is 0 Å². The maximum atomic E-state index is 13.6. The number of amides is 1. The Hall–Kier alpha value is -3.99. The maximum absolute atomic E-state index is 13.6. The molecular formula is C31H30FN3O5S. The molecule has 0 saturated carbocycles. The lowest BCUT2D eigenvalue weighted by Crippen LogP contribution is -2.40. The number of para-hydroxylation sites is 1. The molecule has 0 aliphatic carbocycles. The topological polar surface area (TPSA) is 81.1 Å². The molecule has 6 rings (SSSR count). The number of likely N-dealkylation sites (N-methyl/N-ethyl adjacent to an activating group) is 1. The second kappa shape index (κ2) is 11.1. The molecule has 0 radical (unpaired) electrons. The minimum atomic E-state index is -3.73. The first-order valence-corrected chi connectivity index (χ1v) is 15.0. The molecule has 0 bridgehead atoms. The van der Waals surface area contributed by atoms with Crippen molar-refractivity contribution in [3.05, 3.63) is 89.9 Å². The maximum Gasteiger partial charge on any atom is 0.258 e. The van der Waals surface area contributed by atoms with E-state index in [4.69, 9.17) is 9.47 Å². The molecule has 1 aromatic heterocycles. The fraction of sp³-hybridized carbons (Fsp3) is 0.258. The second-order valence-corrected chi connectivity index (χ2v) is 11.8. The number of morpholine rings is 1. The number of fused-ring (bicyclic) bond motifs is 2. The highest BCUT2D eigenvalue weighted by Gasteiger charge is 2.34. The summed E-state index contributed by atoms with van der Waals surface area (Å²) in [5, 5.41) is 0.961. The number of nitrogens with zero attached hydrogens (tertiary/aromatic N) is 3. The Morgan fingerprint density at radius 2 is 1.78 bits per heavy atom. The number of halogens is 1. The second-order valence-electron chi connectivity index (χ2n) is 9.90. The molecule has 10 heteroatoms. The summed E-state index contributed by atoms with van der Waals surface area (Å²) >= 11 is 0. The highest BCUT2D eigenvalue weighted by atomic mass is 32.2. The van der Waals surface area contributed by atoms with E-state index in [9.17, 15) is 17.6 Å². The Bertz CT molecular complexity index is 1740. The summed E-state index contributed by atoms with van der Waals surface area (Å²) in [5.41, 5.74) is 3.56. The summed E-state index contributed by atoms with van der Waals surface area (Å²) < 4.78 is 54.7. The van der Waals surface area contributed by atoms with Crippen molar-refractivity contribution < 1.29 is 27.1 Å². The first kappa shape index (κ1) is 27.2. The summed E-state index contributed by atoms with van der Waals surface area (Å²) in [6, 6.07) is 18.7.